The van der Waals surface area contributed by atoms with E-state index in [1.54, 1.807) is 26.0 Å². The molecule has 2 rings (SSSR count). The summed E-state index contributed by atoms with van der Waals surface area (Å²) in [7, 11) is 0. The number of amides is 1. The summed E-state index contributed by atoms with van der Waals surface area (Å²) < 4.78 is 30.7. The van der Waals surface area contributed by atoms with Crippen LogP contribution in [-0.4, -0.2) is 18.0 Å². The van der Waals surface area contributed by atoms with Gasteiger partial charge in [-0.25, -0.2) is 8.78 Å². The van der Waals surface area contributed by atoms with Crippen molar-refractivity contribution in [1.82, 2.24) is 5.32 Å². The van der Waals surface area contributed by atoms with Gasteiger partial charge in [0.25, 0.3) is 0 Å². The van der Waals surface area contributed by atoms with E-state index in [0.717, 1.165) is 5.69 Å². The highest BCUT2D eigenvalue weighted by Crippen LogP contribution is 2.35. The smallest absolute Gasteiger partial charge is 0.247 e. The lowest BCUT2D eigenvalue weighted by atomic mass is 9.92. The van der Waals surface area contributed by atoms with Crippen molar-refractivity contribution in [2.24, 2.45) is 0 Å². The SMILES string of the molecule is CC/C(=C\c1c(C)c(F)c(-c2ccc(NC(C)C)cc2)c(C)c1F)C(=O)NC(C)C. The zero-order chi connectivity index (χ0) is 22.6. The lowest BCUT2D eigenvalue weighted by molar-refractivity contribution is -0.118. The van der Waals surface area contributed by atoms with Gasteiger partial charge >= 0.3 is 0 Å². The third-order valence-corrected chi connectivity index (χ3v) is 4.93. The second-order valence-corrected chi connectivity index (χ2v) is 8.19. The van der Waals surface area contributed by atoms with Gasteiger partial charge in [-0.1, -0.05) is 19.1 Å². The number of rotatable bonds is 7. The molecule has 2 aromatic carbocycles. The quantitative estimate of drug-likeness (QED) is 0.516. The summed E-state index contributed by atoms with van der Waals surface area (Å²) in [5.74, 6) is -1.23. The Morgan fingerprint density at radius 2 is 1.57 bits per heavy atom. The highest BCUT2D eigenvalue weighted by atomic mass is 19.1. The Morgan fingerprint density at radius 3 is 2.07 bits per heavy atom. The fourth-order valence-electron chi connectivity index (χ4n) is 3.39. The standard InChI is InChI=1S/C25H32F2N2O/c1-8-18(25(30)29-15(4)5)13-21-16(6)24(27)22(17(7)23(21)26)19-9-11-20(12-10-19)28-14(2)3/h9-15,28H,8H2,1-7H3,(H,29,30)/b18-13+. The van der Waals surface area contributed by atoms with E-state index in [9.17, 15) is 4.79 Å². The van der Waals surface area contributed by atoms with Crippen LogP contribution in [0.5, 0.6) is 0 Å². The summed E-state index contributed by atoms with van der Waals surface area (Å²) in [5, 5.41) is 6.09. The van der Waals surface area contributed by atoms with Gasteiger partial charge in [0.1, 0.15) is 11.6 Å². The first-order chi connectivity index (χ1) is 14.1. The third-order valence-electron chi connectivity index (χ3n) is 4.93. The zero-order valence-corrected chi connectivity index (χ0v) is 18.9. The van der Waals surface area contributed by atoms with Crippen molar-refractivity contribution in [3.8, 4) is 11.1 Å². The maximum Gasteiger partial charge on any atom is 0.247 e. The molecular formula is C25H32F2N2O. The molecule has 0 fully saturated rings. The van der Waals surface area contributed by atoms with E-state index in [1.165, 1.54) is 6.08 Å². The van der Waals surface area contributed by atoms with Gasteiger partial charge in [-0.3, -0.25) is 4.79 Å². The van der Waals surface area contributed by atoms with Crippen LogP contribution >= 0.6 is 0 Å². The van der Waals surface area contributed by atoms with Crippen LogP contribution in [0.1, 0.15) is 57.7 Å². The van der Waals surface area contributed by atoms with E-state index in [4.69, 9.17) is 0 Å². The molecule has 5 heteroatoms. The fourth-order valence-corrected chi connectivity index (χ4v) is 3.39. The van der Waals surface area contributed by atoms with E-state index in [0.29, 0.717) is 17.6 Å². The Labute approximate surface area is 178 Å². The van der Waals surface area contributed by atoms with Gasteiger partial charge < -0.3 is 10.6 Å². The van der Waals surface area contributed by atoms with E-state index in [1.807, 2.05) is 46.8 Å². The Hall–Kier alpha value is -2.69. The van der Waals surface area contributed by atoms with E-state index >= 15 is 8.78 Å². The van der Waals surface area contributed by atoms with Gasteiger partial charge in [-0.15, -0.1) is 0 Å². The zero-order valence-electron chi connectivity index (χ0n) is 18.9. The summed E-state index contributed by atoms with van der Waals surface area (Å²) in [6.45, 7) is 12.7. The third kappa shape index (κ3) is 5.26. The van der Waals surface area contributed by atoms with Gasteiger partial charge in [-0.05, 0) is 82.9 Å². The Bertz CT molecular complexity index is 916. The van der Waals surface area contributed by atoms with Gasteiger partial charge in [-0.2, -0.15) is 0 Å². The first-order valence-corrected chi connectivity index (χ1v) is 10.4. The van der Waals surface area contributed by atoms with E-state index in [-0.39, 0.29) is 40.2 Å². The molecule has 0 aliphatic rings. The molecule has 2 N–H and O–H groups in total. The largest absolute Gasteiger partial charge is 0.383 e. The van der Waals surface area contributed by atoms with Crippen molar-refractivity contribution >= 4 is 17.7 Å². The number of halogens is 2. The highest BCUT2D eigenvalue weighted by Gasteiger charge is 2.21. The van der Waals surface area contributed by atoms with Crippen molar-refractivity contribution < 1.29 is 13.6 Å². The maximum atomic E-state index is 15.4. The van der Waals surface area contributed by atoms with Crippen molar-refractivity contribution in [2.45, 2.75) is 67.0 Å². The van der Waals surface area contributed by atoms with Crippen LogP contribution in [0.2, 0.25) is 0 Å². The van der Waals surface area contributed by atoms with Crippen LogP contribution in [0, 0.1) is 25.5 Å². The molecule has 0 saturated carbocycles. The summed E-state index contributed by atoms with van der Waals surface area (Å²) in [6, 6.07) is 7.55. The van der Waals surface area contributed by atoms with Crippen molar-refractivity contribution in [2.75, 3.05) is 5.32 Å². The lowest BCUT2D eigenvalue weighted by Gasteiger charge is -2.17. The van der Waals surface area contributed by atoms with Crippen LogP contribution in [0.3, 0.4) is 0 Å². The molecule has 162 valence electrons. The Morgan fingerprint density at radius 1 is 0.967 bits per heavy atom. The minimum atomic E-state index is -0.503. The number of hydrogen-bond donors (Lipinski definition) is 2. The number of carbonyl (C=O) groups excluding carboxylic acids is 1. The molecule has 0 bridgehead atoms. The highest BCUT2D eigenvalue weighted by molar-refractivity contribution is 5.98. The predicted molar refractivity (Wildman–Crippen MR) is 122 cm³/mol. The lowest BCUT2D eigenvalue weighted by Crippen LogP contribution is -2.31. The monoisotopic (exact) mass is 414 g/mol. The summed E-state index contributed by atoms with van der Waals surface area (Å²) >= 11 is 0. The normalized spacial score (nSPS) is 11.9. The first kappa shape index (κ1) is 23.6. The van der Waals surface area contributed by atoms with Crippen LogP contribution < -0.4 is 10.6 Å². The molecule has 2 aromatic rings. The van der Waals surface area contributed by atoms with Crippen LogP contribution in [0.25, 0.3) is 17.2 Å². The summed E-state index contributed by atoms with van der Waals surface area (Å²) in [4.78, 5) is 12.4. The van der Waals surface area contributed by atoms with Crippen LogP contribution in [0.4, 0.5) is 14.5 Å². The molecule has 0 radical (unpaired) electrons. The topological polar surface area (TPSA) is 41.1 Å². The summed E-state index contributed by atoms with van der Waals surface area (Å²) in [6.07, 6.45) is 1.89. The molecule has 0 saturated heterocycles. The van der Waals surface area contributed by atoms with Gasteiger partial charge in [0.05, 0.1) is 0 Å². The average molecular weight is 415 g/mol. The number of benzene rings is 2. The molecular weight excluding hydrogens is 382 g/mol. The molecule has 0 spiro atoms. The molecule has 30 heavy (non-hydrogen) atoms. The van der Waals surface area contributed by atoms with Crippen molar-refractivity contribution in [3.05, 3.63) is 58.2 Å². The fraction of sp³-hybridized carbons (Fsp3) is 0.400. The molecule has 0 aliphatic carbocycles. The Balaban J connectivity index is 2.54. The number of hydrogen-bond acceptors (Lipinski definition) is 2. The van der Waals surface area contributed by atoms with Crippen molar-refractivity contribution in [3.63, 3.8) is 0 Å². The van der Waals surface area contributed by atoms with Gasteiger partial charge in [0.2, 0.25) is 5.91 Å². The van der Waals surface area contributed by atoms with E-state index in [2.05, 4.69) is 10.6 Å². The van der Waals surface area contributed by atoms with Gasteiger partial charge in [0.15, 0.2) is 0 Å². The molecule has 1 amide bonds. The number of nitrogens with one attached hydrogen (secondary N) is 2. The molecule has 0 atom stereocenters. The molecule has 3 nitrogen and oxygen atoms in total. The van der Waals surface area contributed by atoms with Crippen molar-refractivity contribution in [1.29, 1.82) is 0 Å². The molecule has 0 aliphatic heterocycles. The number of anilines is 1. The van der Waals surface area contributed by atoms with Crippen LogP contribution in [-0.2, 0) is 4.79 Å². The first-order valence-electron chi connectivity index (χ1n) is 10.4. The van der Waals surface area contributed by atoms with Crippen LogP contribution in [0.15, 0.2) is 29.8 Å². The Kier molecular flexibility index (Phi) is 7.77. The van der Waals surface area contributed by atoms with E-state index < -0.39 is 11.6 Å². The molecule has 0 unspecified atom stereocenters. The number of carbonyl (C=O) groups is 1. The average Bonchev–Trinajstić information content (AvgIpc) is 2.67. The maximum absolute atomic E-state index is 15.4. The second-order valence-electron chi connectivity index (χ2n) is 8.19. The van der Waals surface area contributed by atoms with Gasteiger partial charge in [0, 0.05) is 34.5 Å². The second kappa shape index (κ2) is 9.88. The predicted octanol–water partition coefficient (Wildman–Crippen LogP) is 6.39. The minimum Gasteiger partial charge on any atom is -0.383 e. The minimum absolute atomic E-state index is 0.0348. The summed E-state index contributed by atoms with van der Waals surface area (Å²) in [5.41, 5.74) is 2.76. The molecule has 0 heterocycles. The molecule has 0 aromatic heterocycles.